The van der Waals surface area contributed by atoms with E-state index in [9.17, 15) is 0 Å². The van der Waals surface area contributed by atoms with Crippen LogP contribution in [0.3, 0.4) is 0 Å². The average Bonchev–Trinajstić information content (AvgIpc) is 3.47. The first-order valence-corrected chi connectivity index (χ1v) is 12.6. The molecule has 0 radical (unpaired) electrons. The van der Waals surface area contributed by atoms with Crippen LogP contribution in [0.2, 0.25) is 0 Å². The highest BCUT2D eigenvalue weighted by molar-refractivity contribution is 7.10. The third-order valence-corrected chi connectivity index (χ3v) is 7.31. The highest BCUT2D eigenvalue weighted by Crippen LogP contribution is 2.27. The standard InChI is InChI=1S/C24H36N6S/c1-25-24(28-19-21(22-9-8-16-31-22)29-12-6-7-13-29)27-18-20-10-11-26-23(17-20)30-14-4-2-3-5-15-30/h8-11,16-17,21H,2-7,12-15,18-19H2,1H3,(H2,25,27,28). The Hall–Kier alpha value is -2.12. The Labute approximate surface area is 190 Å². The van der Waals surface area contributed by atoms with E-state index in [0.717, 1.165) is 38.0 Å². The van der Waals surface area contributed by atoms with Crippen LogP contribution >= 0.6 is 11.3 Å². The first-order valence-electron chi connectivity index (χ1n) is 11.8. The van der Waals surface area contributed by atoms with E-state index in [-0.39, 0.29) is 0 Å². The van der Waals surface area contributed by atoms with Crippen LogP contribution in [-0.4, -0.2) is 55.6 Å². The summed E-state index contributed by atoms with van der Waals surface area (Å²) in [5.74, 6) is 1.96. The Balaban J connectivity index is 1.32. The largest absolute Gasteiger partial charge is 0.357 e. The molecule has 0 bridgehead atoms. The lowest BCUT2D eigenvalue weighted by atomic mass is 10.2. The van der Waals surface area contributed by atoms with Crippen molar-refractivity contribution >= 4 is 23.1 Å². The molecule has 2 N–H and O–H groups in total. The molecule has 0 aromatic carbocycles. The number of guanidine groups is 1. The number of anilines is 1. The number of aliphatic imine (C=N–C) groups is 1. The molecule has 4 rings (SSSR count). The van der Waals surface area contributed by atoms with E-state index >= 15 is 0 Å². The lowest BCUT2D eigenvalue weighted by Crippen LogP contribution is -2.42. The summed E-state index contributed by atoms with van der Waals surface area (Å²) in [4.78, 5) is 15.6. The highest BCUT2D eigenvalue weighted by Gasteiger charge is 2.24. The number of rotatable bonds is 7. The fourth-order valence-electron chi connectivity index (χ4n) is 4.59. The number of thiophene rings is 1. The second kappa shape index (κ2) is 11.5. The van der Waals surface area contributed by atoms with Crippen LogP contribution < -0.4 is 15.5 Å². The molecule has 0 aliphatic carbocycles. The molecular formula is C24H36N6S. The summed E-state index contributed by atoms with van der Waals surface area (Å²) < 4.78 is 0. The lowest BCUT2D eigenvalue weighted by molar-refractivity contribution is 0.249. The molecule has 31 heavy (non-hydrogen) atoms. The number of likely N-dealkylation sites (tertiary alicyclic amines) is 1. The van der Waals surface area contributed by atoms with Crippen LogP contribution in [-0.2, 0) is 6.54 Å². The summed E-state index contributed by atoms with van der Waals surface area (Å²) in [5.41, 5.74) is 1.24. The van der Waals surface area contributed by atoms with Gasteiger partial charge in [-0.25, -0.2) is 4.98 Å². The molecule has 2 fully saturated rings. The molecule has 2 aliphatic heterocycles. The second-order valence-corrected chi connectivity index (χ2v) is 9.48. The quantitative estimate of drug-likeness (QED) is 0.503. The summed E-state index contributed by atoms with van der Waals surface area (Å²) in [7, 11) is 1.85. The monoisotopic (exact) mass is 440 g/mol. The zero-order chi connectivity index (χ0) is 21.3. The number of nitrogens with one attached hydrogen (secondary N) is 2. The van der Waals surface area contributed by atoms with Crippen molar-refractivity contribution in [3.05, 3.63) is 46.3 Å². The fraction of sp³-hybridized carbons (Fsp3) is 0.583. The van der Waals surface area contributed by atoms with E-state index in [0.29, 0.717) is 6.04 Å². The van der Waals surface area contributed by atoms with Crippen molar-refractivity contribution in [2.24, 2.45) is 4.99 Å². The van der Waals surface area contributed by atoms with Crippen LogP contribution in [0, 0.1) is 0 Å². The van der Waals surface area contributed by atoms with Gasteiger partial charge in [0.2, 0.25) is 0 Å². The van der Waals surface area contributed by atoms with Crippen molar-refractivity contribution in [2.45, 2.75) is 51.1 Å². The number of pyridine rings is 1. The minimum Gasteiger partial charge on any atom is -0.357 e. The fourth-order valence-corrected chi connectivity index (χ4v) is 5.45. The molecule has 0 amide bonds. The predicted molar refractivity (Wildman–Crippen MR) is 131 cm³/mol. The molecule has 2 saturated heterocycles. The summed E-state index contributed by atoms with van der Waals surface area (Å²) in [6.45, 7) is 6.23. The number of aromatic nitrogens is 1. The normalized spacial score (nSPS) is 19.3. The van der Waals surface area contributed by atoms with Gasteiger partial charge in [0.1, 0.15) is 5.82 Å². The Morgan fingerprint density at radius 1 is 1.06 bits per heavy atom. The van der Waals surface area contributed by atoms with Crippen molar-refractivity contribution in [3.63, 3.8) is 0 Å². The van der Waals surface area contributed by atoms with Gasteiger partial charge in [0.25, 0.3) is 0 Å². The molecule has 1 atom stereocenters. The smallest absolute Gasteiger partial charge is 0.191 e. The predicted octanol–water partition coefficient (Wildman–Crippen LogP) is 4.03. The molecule has 7 heteroatoms. The minimum absolute atomic E-state index is 0.414. The zero-order valence-corrected chi connectivity index (χ0v) is 19.5. The summed E-state index contributed by atoms with van der Waals surface area (Å²) >= 11 is 1.85. The lowest BCUT2D eigenvalue weighted by Gasteiger charge is -2.27. The third kappa shape index (κ3) is 6.20. The number of nitrogens with zero attached hydrogens (tertiary/aromatic N) is 4. The van der Waals surface area contributed by atoms with Gasteiger partial charge in [-0.05, 0) is 67.9 Å². The molecular weight excluding hydrogens is 404 g/mol. The van der Waals surface area contributed by atoms with Gasteiger partial charge in [0.15, 0.2) is 5.96 Å². The maximum atomic E-state index is 4.63. The first-order chi connectivity index (χ1) is 15.3. The minimum atomic E-state index is 0.414. The Morgan fingerprint density at radius 2 is 1.84 bits per heavy atom. The van der Waals surface area contributed by atoms with Crippen molar-refractivity contribution in [3.8, 4) is 0 Å². The van der Waals surface area contributed by atoms with E-state index in [1.807, 2.05) is 24.6 Å². The topological polar surface area (TPSA) is 55.8 Å². The SMILES string of the molecule is CN=C(NCc1ccnc(N2CCCCCC2)c1)NCC(c1cccs1)N1CCCC1. The Bertz CT molecular complexity index is 807. The molecule has 168 valence electrons. The van der Waals surface area contributed by atoms with E-state index < -0.39 is 0 Å². The molecule has 0 spiro atoms. The molecule has 1 unspecified atom stereocenters. The highest BCUT2D eigenvalue weighted by atomic mass is 32.1. The van der Waals surface area contributed by atoms with E-state index in [1.165, 1.54) is 62.1 Å². The van der Waals surface area contributed by atoms with Gasteiger partial charge in [-0.1, -0.05) is 18.9 Å². The van der Waals surface area contributed by atoms with Gasteiger partial charge in [-0.3, -0.25) is 9.89 Å². The first kappa shape index (κ1) is 22.1. The molecule has 2 aromatic heterocycles. The van der Waals surface area contributed by atoms with Crippen molar-refractivity contribution in [1.29, 1.82) is 0 Å². The number of hydrogen-bond acceptors (Lipinski definition) is 5. The van der Waals surface area contributed by atoms with Gasteiger partial charge in [-0.2, -0.15) is 0 Å². The summed E-state index contributed by atoms with van der Waals surface area (Å²) in [6, 6.07) is 9.15. The van der Waals surface area contributed by atoms with Crippen LogP contribution in [0.4, 0.5) is 5.82 Å². The van der Waals surface area contributed by atoms with Crippen LogP contribution in [0.25, 0.3) is 0 Å². The van der Waals surface area contributed by atoms with Crippen LogP contribution in [0.1, 0.15) is 55.0 Å². The van der Waals surface area contributed by atoms with Crippen LogP contribution in [0.5, 0.6) is 0 Å². The van der Waals surface area contributed by atoms with E-state index in [1.54, 1.807) is 0 Å². The molecule has 4 heterocycles. The van der Waals surface area contributed by atoms with Gasteiger partial charge in [0.05, 0.1) is 6.04 Å². The molecule has 6 nitrogen and oxygen atoms in total. The van der Waals surface area contributed by atoms with Crippen molar-refractivity contribution in [1.82, 2.24) is 20.5 Å². The number of hydrogen-bond donors (Lipinski definition) is 2. The van der Waals surface area contributed by atoms with Gasteiger partial charge in [0, 0.05) is 44.3 Å². The molecule has 0 saturated carbocycles. The van der Waals surface area contributed by atoms with Gasteiger partial charge < -0.3 is 15.5 Å². The van der Waals surface area contributed by atoms with Crippen LogP contribution in [0.15, 0.2) is 40.8 Å². The molecule has 2 aromatic rings. The van der Waals surface area contributed by atoms with E-state index in [4.69, 9.17) is 0 Å². The Kier molecular flexibility index (Phi) is 8.18. The van der Waals surface area contributed by atoms with Crippen molar-refractivity contribution in [2.75, 3.05) is 44.7 Å². The van der Waals surface area contributed by atoms with Crippen molar-refractivity contribution < 1.29 is 0 Å². The third-order valence-electron chi connectivity index (χ3n) is 6.34. The summed E-state index contributed by atoms with van der Waals surface area (Å²) in [5, 5.41) is 9.24. The van der Waals surface area contributed by atoms with E-state index in [2.05, 4.69) is 60.1 Å². The zero-order valence-electron chi connectivity index (χ0n) is 18.7. The second-order valence-electron chi connectivity index (χ2n) is 8.50. The van der Waals surface area contributed by atoms with Gasteiger partial charge >= 0.3 is 0 Å². The maximum absolute atomic E-state index is 4.63. The maximum Gasteiger partial charge on any atom is 0.191 e. The molecule has 2 aliphatic rings. The summed E-state index contributed by atoms with van der Waals surface area (Å²) in [6.07, 6.45) is 9.75. The Morgan fingerprint density at radius 3 is 2.55 bits per heavy atom. The van der Waals surface area contributed by atoms with Gasteiger partial charge in [-0.15, -0.1) is 11.3 Å². The average molecular weight is 441 g/mol.